The standard InChI is InChI=1S/C18H35N2O3.C3H8O3S/c1-7-18(4,14-15(3)19-11-9-10-16(19)21)17(22)23-13-12-20(5,6)8-2;1-3-6-7(2,4)5/h15H,7-14H2,1-6H3;3H2,1-2H3/q+1;. The van der Waals surface area contributed by atoms with Crippen molar-refractivity contribution >= 4 is 22.0 Å². The van der Waals surface area contributed by atoms with Gasteiger partial charge in [0.25, 0.3) is 10.1 Å². The number of likely N-dealkylation sites (N-methyl/N-ethyl adjacent to an activating group) is 1. The number of carbonyl (C=O) groups excluding carboxylic acids is 2. The Labute approximate surface area is 183 Å². The minimum atomic E-state index is -3.17. The van der Waals surface area contributed by atoms with Gasteiger partial charge in [0.05, 0.1) is 38.9 Å². The number of hydrogen-bond acceptors (Lipinski definition) is 6. The fourth-order valence-electron chi connectivity index (χ4n) is 3.20. The highest BCUT2D eigenvalue weighted by molar-refractivity contribution is 7.85. The summed E-state index contributed by atoms with van der Waals surface area (Å²) in [5.41, 5.74) is -0.522. The zero-order valence-corrected chi connectivity index (χ0v) is 21.0. The maximum absolute atomic E-state index is 12.6. The van der Waals surface area contributed by atoms with E-state index < -0.39 is 15.5 Å². The molecule has 1 heterocycles. The van der Waals surface area contributed by atoms with Crippen LogP contribution in [0.25, 0.3) is 0 Å². The lowest BCUT2D eigenvalue weighted by Gasteiger charge is -2.34. The van der Waals surface area contributed by atoms with Crippen LogP contribution in [0.4, 0.5) is 0 Å². The van der Waals surface area contributed by atoms with E-state index in [9.17, 15) is 18.0 Å². The van der Waals surface area contributed by atoms with E-state index in [1.54, 1.807) is 6.92 Å². The van der Waals surface area contributed by atoms with Crippen molar-refractivity contribution < 1.29 is 31.4 Å². The smallest absolute Gasteiger partial charge is 0.312 e. The molecule has 0 aromatic heterocycles. The average Bonchev–Trinajstić information content (AvgIpc) is 3.07. The van der Waals surface area contributed by atoms with Crippen molar-refractivity contribution in [3.05, 3.63) is 0 Å². The molecule has 30 heavy (non-hydrogen) atoms. The SMILES string of the molecule is CCC(C)(CC(C)N1CCCC1=O)C(=O)OCC[N+](C)(C)CC.CCOS(C)(=O)=O. The molecule has 1 rings (SSSR count). The van der Waals surface area contributed by atoms with Crippen LogP contribution < -0.4 is 0 Å². The van der Waals surface area contributed by atoms with E-state index in [1.165, 1.54) is 0 Å². The summed E-state index contributed by atoms with van der Waals surface area (Å²) in [5.74, 6) is 0.0842. The molecular formula is C21H43N2O6S+. The van der Waals surface area contributed by atoms with Gasteiger partial charge in [0, 0.05) is 19.0 Å². The predicted molar refractivity (Wildman–Crippen MR) is 118 cm³/mol. The highest BCUT2D eigenvalue weighted by Gasteiger charge is 2.38. The third-order valence-corrected chi connectivity index (χ3v) is 6.44. The van der Waals surface area contributed by atoms with Gasteiger partial charge in [-0.3, -0.25) is 13.8 Å². The van der Waals surface area contributed by atoms with Crippen LogP contribution in [0.1, 0.15) is 60.3 Å². The number of hydrogen-bond donors (Lipinski definition) is 0. The summed E-state index contributed by atoms with van der Waals surface area (Å²) in [6.45, 7) is 13.1. The second-order valence-electron chi connectivity index (χ2n) is 8.88. The number of quaternary nitrogens is 1. The van der Waals surface area contributed by atoms with Crippen LogP contribution in [-0.2, 0) is 28.6 Å². The molecule has 178 valence electrons. The minimum absolute atomic E-state index is 0.0883. The fourth-order valence-corrected chi connectivity index (χ4v) is 3.63. The quantitative estimate of drug-likeness (QED) is 0.272. The number of ether oxygens (including phenoxy) is 1. The van der Waals surface area contributed by atoms with Crippen LogP contribution >= 0.6 is 0 Å². The van der Waals surface area contributed by atoms with Gasteiger partial charge in [0.2, 0.25) is 5.91 Å². The van der Waals surface area contributed by atoms with E-state index in [-0.39, 0.29) is 24.5 Å². The van der Waals surface area contributed by atoms with Crippen molar-refractivity contribution in [1.82, 2.24) is 4.90 Å². The minimum Gasteiger partial charge on any atom is -0.459 e. The normalized spacial score (nSPS) is 17.7. The lowest BCUT2D eigenvalue weighted by Crippen LogP contribution is -2.44. The van der Waals surface area contributed by atoms with E-state index in [4.69, 9.17) is 4.74 Å². The molecule has 1 aliphatic heterocycles. The van der Waals surface area contributed by atoms with Crippen molar-refractivity contribution in [2.45, 2.75) is 66.3 Å². The van der Waals surface area contributed by atoms with Gasteiger partial charge in [0.15, 0.2) is 0 Å². The van der Waals surface area contributed by atoms with Crippen molar-refractivity contribution in [2.75, 3.05) is 53.2 Å². The summed E-state index contributed by atoms with van der Waals surface area (Å²) < 4.78 is 30.6. The third kappa shape index (κ3) is 10.7. The molecule has 2 unspecified atom stereocenters. The molecule has 2 atom stereocenters. The van der Waals surface area contributed by atoms with Gasteiger partial charge in [-0.15, -0.1) is 0 Å². The van der Waals surface area contributed by atoms with E-state index in [1.807, 2.05) is 25.7 Å². The molecule has 0 saturated carbocycles. The molecule has 0 bridgehead atoms. The molecule has 1 amide bonds. The maximum Gasteiger partial charge on any atom is 0.312 e. The van der Waals surface area contributed by atoms with Crippen LogP contribution in [0.15, 0.2) is 0 Å². The summed E-state index contributed by atoms with van der Waals surface area (Å²) in [6, 6.07) is 0.0883. The Bertz CT molecular complexity index is 650. The van der Waals surface area contributed by atoms with Gasteiger partial charge >= 0.3 is 5.97 Å². The first-order chi connectivity index (χ1) is 13.7. The molecule has 1 saturated heterocycles. The summed E-state index contributed by atoms with van der Waals surface area (Å²) in [6.07, 6.45) is 3.99. The number of esters is 1. The number of likely N-dealkylation sites (tertiary alicyclic amines) is 1. The zero-order valence-electron chi connectivity index (χ0n) is 20.2. The van der Waals surface area contributed by atoms with E-state index >= 15 is 0 Å². The highest BCUT2D eigenvalue weighted by Crippen LogP contribution is 2.32. The number of nitrogens with zero attached hydrogens (tertiary/aromatic N) is 2. The van der Waals surface area contributed by atoms with Gasteiger partial charge in [-0.2, -0.15) is 8.42 Å². The average molecular weight is 452 g/mol. The molecule has 0 N–H and O–H groups in total. The van der Waals surface area contributed by atoms with E-state index in [2.05, 4.69) is 25.2 Å². The first-order valence-electron chi connectivity index (χ1n) is 10.8. The van der Waals surface area contributed by atoms with Crippen molar-refractivity contribution in [2.24, 2.45) is 5.41 Å². The zero-order chi connectivity index (χ0) is 23.6. The number of carbonyl (C=O) groups is 2. The van der Waals surface area contributed by atoms with Crippen LogP contribution in [0.3, 0.4) is 0 Å². The Balaban J connectivity index is 0.00000103. The Morgan fingerprint density at radius 2 is 1.87 bits per heavy atom. The van der Waals surface area contributed by atoms with Gasteiger partial charge < -0.3 is 14.1 Å². The van der Waals surface area contributed by atoms with Gasteiger partial charge in [-0.1, -0.05) is 6.92 Å². The Kier molecular flexibility index (Phi) is 12.1. The first kappa shape index (κ1) is 28.8. The molecule has 0 aliphatic carbocycles. The monoisotopic (exact) mass is 451 g/mol. The van der Waals surface area contributed by atoms with Gasteiger partial charge in [-0.25, -0.2) is 0 Å². The van der Waals surface area contributed by atoms with Crippen LogP contribution in [0.5, 0.6) is 0 Å². The van der Waals surface area contributed by atoms with E-state index in [0.29, 0.717) is 19.4 Å². The van der Waals surface area contributed by atoms with Crippen LogP contribution in [0.2, 0.25) is 0 Å². The number of rotatable bonds is 11. The molecule has 1 aliphatic rings. The Hall–Kier alpha value is -1.19. The Morgan fingerprint density at radius 3 is 2.23 bits per heavy atom. The molecule has 0 spiro atoms. The summed E-state index contributed by atoms with van der Waals surface area (Å²) >= 11 is 0. The Morgan fingerprint density at radius 1 is 1.27 bits per heavy atom. The molecule has 0 aromatic rings. The second kappa shape index (κ2) is 12.6. The van der Waals surface area contributed by atoms with Crippen molar-refractivity contribution in [3.8, 4) is 0 Å². The lowest BCUT2D eigenvalue weighted by molar-refractivity contribution is -0.888. The number of amides is 1. The van der Waals surface area contributed by atoms with Gasteiger partial charge in [0.1, 0.15) is 13.2 Å². The molecular weight excluding hydrogens is 408 g/mol. The second-order valence-corrected chi connectivity index (χ2v) is 10.5. The largest absolute Gasteiger partial charge is 0.459 e. The molecule has 0 radical (unpaired) electrons. The van der Waals surface area contributed by atoms with Gasteiger partial charge in [-0.05, 0) is 47.0 Å². The lowest BCUT2D eigenvalue weighted by atomic mass is 9.81. The summed E-state index contributed by atoms with van der Waals surface area (Å²) in [5, 5.41) is 0. The molecule has 1 fully saturated rings. The molecule has 8 nitrogen and oxygen atoms in total. The molecule has 9 heteroatoms. The maximum atomic E-state index is 12.6. The first-order valence-corrected chi connectivity index (χ1v) is 12.7. The summed E-state index contributed by atoms with van der Waals surface area (Å²) in [7, 11) is 1.09. The van der Waals surface area contributed by atoms with Crippen LogP contribution in [-0.4, -0.2) is 88.9 Å². The third-order valence-electron chi connectivity index (χ3n) is 5.78. The van der Waals surface area contributed by atoms with E-state index in [0.717, 1.165) is 43.2 Å². The summed E-state index contributed by atoms with van der Waals surface area (Å²) in [4.78, 5) is 26.4. The van der Waals surface area contributed by atoms with Crippen molar-refractivity contribution in [3.63, 3.8) is 0 Å². The van der Waals surface area contributed by atoms with Crippen LogP contribution in [0, 0.1) is 5.41 Å². The van der Waals surface area contributed by atoms with Crippen molar-refractivity contribution in [1.29, 1.82) is 0 Å². The fraction of sp³-hybridized carbons (Fsp3) is 0.905. The highest BCUT2D eigenvalue weighted by atomic mass is 32.2. The molecule has 0 aromatic carbocycles. The topological polar surface area (TPSA) is 90.0 Å². The predicted octanol–water partition coefficient (Wildman–Crippen LogP) is 2.43.